The van der Waals surface area contributed by atoms with E-state index in [1.54, 1.807) is 44.2 Å². The Labute approximate surface area is 390 Å². The molecule has 8 amide bonds. The number of aliphatic hydroxyl groups excluding tert-OH is 1. The lowest BCUT2D eigenvalue weighted by molar-refractivity contribution is -0.147. The SMILES string of the molecule is CSCC[C@H](NC(=O)[C@H](CC(C)C)N1CC2CCN(C(=O)[C@@H](NC(=O)[C@H](Cc3ccccc3)NC(=O)[C@H](CO)NC(=O)[C@H](CC(=O)O)NC(=O)[C@@H](N)CCCCN)C(C)C)C2C1=O)C(N)=O. The molecule has 0 bridgehead atoms. The third-order valence-electron chi connectivity index (χ3n) is 11.7. The lowest BCUT2D eigenvalue weighted by atomic mass is 9.99. The number of rotatable bonds is 28. The molecule has 66 heavy (non-hydrogen) atoms. The first-order valence-electron chi connectivity index (χ1n) is 22.5. The number of aliphatic carboxylic acids is 1. The van der Waals surface area contributed by atoms with Gasteiger partial charge in [0.05, 0.1) is 19.1 Å². The Morgan fingerprint density at radius 2 is 1.42 bits per heavy atom. The van der Waals surface area contributed by atoms with Gasteiger partial charge in [0.25, 0.3) is 0 Å². The molecule has 1 aromatic rings. The number of benzene rings is 1. The summed E-state index contributed by atoms with van der Waals surface area (Å²) >= 11 is 1.50. The second-order valence-electron chi connectivity index (χ2n) is 17.7. The minimum Gasteiger partial charge on any atom is -0.481 e. The van der Waals surface area contributed by atoms with Crippen LogP contribution in [0.15, 0.2) is 30.3 Å². The highest BCUT2D eigenvalue weighted by Crippen LogP contribution is 2.35. The summed E-state index contributed by atoms with van der Waals surface area (Å²) in [4.78, 5) is 123. The quantitative estimate of drug-likeness (QED) is 0.0405. The Bertz CT molecular complexity index is 1860. The van der Waals surface area contributed by atoms with E-state index in [-0.39, 0.29) is 37.8 Å². The first-order valence-corrected chi connectivity index (χ1v) is 23.9. The molecule has 0 aromatic heterocycles. The van der Waals surface area contributed by atoms with Crippen LogP contribution in [-0.2, 0) is 49.6 Å². The number of carboxylic acid groups (broad SMARTS) is 1. The van der Waals surface area contributed by atoms with E-state index in [2.05, 4.69) is 26.6 Å². The molecule has 13 N–H and O–H groups in total. The number of unbranched alkanes of at least 4 members (excludes halogenated alkanes) is 1. The van der Waals surface area contributed by atoms with E-state index in [0.717, 1.165) is 0 Å². The maximum Gasteiger partial charge on any atom is 0.305 e. The molecule has 9 atom stereocenters. The van der Waals surface area contributed by atoms with Crippen molar-refractivity contribution in [2.75, 3.05) is 38.2 Å². The second kappa shape index (κ2) is 26.7. The van der Waals surface area contributed by atoms with Crippen LogP contribution in [0.2, 0.25) is 0 Å². The number of aliphatic hydroxyl groups is 1. The van der Waals surface area contributed by atoms with Crippen molar-refractivity contribution >= 4 is 65.0 Å². The molecule has 368 valence electrons. The fourth-order valence-corrected chi connectivity index (χ4v) is 8.55. The van der Waals surface area contributed by atoms with Gasteiger partial charge in [0.1, 0.15) is 42.3 Å². The summed E-state index contributed by atoms with van der Waals surface area (Å²) in [6, 6.07) is -1.22. The van der Waals surface area contributed by atoms with Gasteiger partial charge < -0.3 is 63.8 Å². The first-order chi connectivity index (χ1) is 31.2. The second-order valence-corrected chi connectivity index (χ2v) is 18.7. The number of carboxylic acids is 1. The lowest BCUT2D eigenvalue weighted by Gasteiger charge is -2.33. The van der Waals surface area contributed by atoms with Crippen LogP contribution in [0, 0.1) is 17.8 Å². The van der Waals surface area contributed by atoms with Crippen molar-refractivity contribution in [3.05, 3.63) is 35.9 Å². The van der Waals surface area contributed by atoms with Crippen LogP contribution in [0.5, 0.6) is 0 Å². The van der Waals surface area contributed by atoms with Crippen LogP contribution in [0.1, 0.15) is 78.2 Å². The van der Waals surface area contributed by atoms with Gasteiger partial charge in [-0.3, -0.25) is 43.2 Å². The van der Waals surface area contributed by atoms with Gasteiger partial charge in [-0.25, -0.2) is 0 Å². The van der Waals surface area contributed by atoms with Crippen LogP contribution in [-0.4, -0.2) is 160 Å². The number of thioether (sulfide) groups is 1. The minimum absolute atomic E-state index is 0.0126. The number of nitrogens with one attached hydrogen (secondary N) is 5. The predicted molar refractivity (Wildman–Crippen MR) is 246 cm³/mol. The summed E-state index contributed by atoms with van der Waals surface area (Å²) in [5.41, 5.74) is 17.6. The molecule has 2 saturated heterocycles. The van der Waals surface area contributed by atoms with Gasteiger partial charge in [0.2, 0.25) is 47.3 Å². The molecular formula is C44H70N10O11S. The Morgan fingerprint density at radius 1 is 0.818 bits per heavy atom. The van der Waals surface area contributed by atoms with E-state index in [1.165, 1.54) is 21.6 Å². The van der Waals surface area contributed by atoms with Crippen molar-refractivity contribution in [1.29, 1.82) is 0 Å². The summed E-state index contributed by atoms with van der Waals surface area (Å²) in [7, 11) is 0. The van der Waals surface area contributed by atoms with Crippen molar-refractivity contribution in [1.82, 2.24) is 36.4 Å². The van der Waals surface area contributed by atoms with Gasteiger partial charge in [-0.15, -0.1) is 0 Å². The Morgan fingerprint density at radius 3 is 2.00 bits per heavy atom. The number of carbonyl (C=O) groups is 9. The third kappa shape index (κ3) is 15.9. The third-order valence-corrected chi connectivity index (χ3v) is 12.3. The molecule has 2 aliphatic heterocycles. The first kappa shape index (κ1) is 55.0. The van der Waals surface area contributed by atoms with E-state index in [9.17, 15) is 53.4 Å². The number of fused-ring (bicyclic) bond motifs is 1. The molecule has 2 heterocycles. The zero-order valence-corrected chi connectivity index (χ0v) is 39.3. The largest absolute Gasteiger partial charge is 0.481 e. The van der Waals surface area contributed by atoms with E-state index < -0.39 is 121 Å². The van der Waals surface area contributed by atoms with Crippen molar-refractivity contribution in [3.8, 4) is 0 Å². The average Bonchev–Trinajstić information content (AvgIpc) is 3.83. The summed E-state index contributed by atoms with van der Waals surface area (Å²) in [6.07, 6.45) is 3.27. The summed E-state index contributed by atoms with van der Waals surface area (Å²) < 4.78 is 0. The highest BCUT2D eigenvalue weighted by Gasteiger charge is 2.53. The Hall–Kier alpha value is -5.32. The number of amides is 8. The van der Waals surface area contributed by atoms with Crippen LogP contribution in [0.25, 0.3) is 0 Å². The molecule has 0 aliphatic carbocycles. The number of primary amides is 1. The smallest absolute Gasteiger partial charge is 0.305 e. The number of hydrogen-bond acceptors (Lipinski definition) is 13. The topological polar surface area (TPSA) is 339 Å². The fourth-order valence-electron chi connectivity index (χ4n) is 8.08. The molecule has 0 spiro atoms. The molecule has 21 nitrogen and oxygen atoms in total. The summed E-state index contributed by atoms with van der Waals surface area (Å²) in [5, 5.41) is 32.3. The molecular weight excluding hydrogens is 877 g/mol. The van der Waals surface area contributed by atoms with Crippen molar-refractivity contribution < 1.29 is 53.4 Å². The normalized spacial score (nSPS) is 18.9. The van der Waals surface area contributed by atoms with Crippen molar-refractivity contribution in [2.24, 2.45) is 35.0 Å². The molecule has 1 aromatic carbocycles. The molecule has 2 unspecified atom stereocenters. The van der Waals surface area contributed by atoms with Crippen LogP contribution in [0.3, 0.4) is 0 Å². The summed E-state index contributed by atoms with van der Waals surface area (Å²) in [5.74, 6) is -7.62. The maximum atomic E-state index is 14.5. The molecule has 3 rings (SSSR count). The zero-order chi connectivity index (χ0) is 49.2. The molecule has 2 fully saturated rings. The minimum atomic E-state index is -1.71. The Kier molecular flexibility index (Phi) is 22.3. The van der Waals surface area contributed by atoms with E-state index in [4.69, 9.17) is 17.2 Å². The van der Waals surface area contributed by atoms with Gasteiger partial charge in [-0.1, -0.05) is 64.4 Å². The lowest BCUT2D eigenvalue weighted by Crippen LogP contribution is -2.61. The predicted octanol–water partition coefficient (Wildman–Crippen LogP) is -2.06. The molecule has 22 heteroatoms. The van der Waals surface area contributed by atoms with Crippen LogP contribution >= 0.6 is 11.8 Å². The number of hydrogen-bond donors (Lipinski definition) is 10. The van der Waals surface area contributed by atoms with E-state index in [0.29, 0.717) is 50.0 Å². The highest BCUT2D eigenvalue weighted by atomic mass is 32.2. The van der Waals surface area contributed by atoms with Gasteiger partial charge in [0, 0.05) is 25.4 Å². The van der Waals surface area contributed by atoms with Crippen LogP contribution in [0.4, 0.5) is 0 Å². The highest BCUT2D eigenvalue weighted by molar-refractivity contribution is 7.98. The standard InChI is InChI=1S/C44H70N10O11S/c1-24(2)19-33(42(63)48-29(37(47)58)15-18-66-5)54-22-27-14-17-53(36(27)44(54)65)43(64)35(25(3)4)52-40(61)30(20-26-11-7-6-8-12-26)50-41(62)32(23-55)51-39(60)31(21-34(56)57)49-38(59)28(46)13-9-10-16-45/h6-8,11-12,24-25,27-33,35-36,55H,9-10,13-23,45-46H2,1-5H3,(H2,47,58)(H,48,63)(H,49,59)(H,50,62)(H,51,60)(H,52,61)(H,56,57)/t27?,28-,29-,30-,31-,32-,33-,35-,36?/m0/s1. The summed E-state index contributed by atoms with van der Waals surface area (Å²) in [6.45, 7) is 7.02. The van der Waals surface area contributed by atoms with Gasteiger partial charge in [-0.2, -0.15) is 11.8 Å². The molecule has 2 aliphatic rings. The molecule has 0 saturated carbocycles. The van der Waals surface area contributed by atoms with E-state index >= 15 is 0 Å². The fraction of sp³-hybridized carbons (Fsp3) is 0.659. The molecule has 0 radical (unpaired) electrons. The zero-order valence-electron chi connectivity index (χ0n) is 38.5. The van der Waals surface area contributed by atoms with E-state index in [1.807, 2.05) is 20.1 Å². The Balaban J connectivity index is 1.82. The maximum absolute atomic E-state index is 14.5. The number of nitrogens with zero attached hydrogens (tertiary/aromatic N) is 2. The average molecular weight is 947 g/mol. The van der Waals surface area contributed by atoms with Gasteiger partial charge in [0.15, 0.2) is 0 Å². The van der Waals surface area contributed by atoms with Gasteiger partial charge in [-0.05, 0) is 68.1 Å². The number of nitrogens with two attached hydrogens (primary N) is 3. The van der Waals surface area contributed by atoms with Gasteiger partial charge >= 0.3 is 5.97 Å². The van der Waals surface area contributed by atoms with Crippen molar-refractivity contribution in [2.45, 2.75) is 127 Å². The number of likely N-dealkylation sites (tertiary alicyclic amines) is 2. The van der Waals surface area contributed by atoms with Crippen LogP contribution < -0.4 is 43.8 Å². The number of carbonyl (C=O) groups excluding carboxylic acids is 8. The van der Waals surface area contributed by atoms with Crippen molar-refractivity contribution in [3.63, 3.8) is 0 Å². The monoisotopic (exact) mass is 946 g/mol.